The number of rotatable bonds is 10. The van der Waals surface area contributed by atoms with E-state index in [0.717, 1.165) is 46.1 Å². The quantitative estimate of drug-likeness (QED) is 0.371. The van der Waals surface area contributed by atoms with Gasteiger partial charge in [0.1, 0.15) is 12.4 Å². The number of carbonyl (C=O) groups is 1. The first-order valence-electron chi connectivity index (χ1n) is 10.3. The third-order valence-electron chi connectivity index (χ3n) is 4.98. The number of fused-ring (bicyclic) bond motifs is 1. The Morgan fingerprint density at radius 3 is 2.68 bits per heavy atom. The van der Waals surface area contributed by atoms with E-state index < -0.39 is 0 Å². The fourth-order valence-electron chi connectivity index (χ4n) is 3.49. The first-order valence-corrected chi connectivity index (χ1v) is 11.2. The monoisotopic (exact) mass is 435 g/mol. The highest BCUT2D eigenvalue weighted by Gasteiger charge is 2.12. The SMILES string of the molecule is COc1ccccc1OCCn1c(CCCNC(=O)c2cccs2)nc2ccccc21. The highest BCUT2D eigenvalue weighted by atomic mass is 32.1. The van der Waals surface area contributed by atoms with E-state index in [4.69, 9.17) is 14.5 Å². The number of para-hydroxylation sites is 4. The highest BCUT2D eigenvalue weighted by molar-refractivity contribution is 7.12. The Morgan fingerprint density at radius 2 is 1.87 bits per heavy atom. The van der Waals surface area contributed by atoms with Gasteiger partial charge in [-0.05, 0) is 42.1 Å². The van der Waals surface area contributed by atoms with Crippen molar-refractivity contribution in [1.29, 1.82) is 0 Å². The van der Waals surface area contributed by atoms with E-state index in [1.54, 1.807) is 7.11 Å². The summed E-state index contributed by atoms with van der Waals surface area (Å²) >= 11 is 1.45. The number of amides is 1. The molecule has 4 aromatic rings. The van der Waals surface area contributed by atoms with E-state index in [2.05, 4.69) is 16.0 Å². The van der Waals surface area contributed by atoms with Crippen LogP contribution in [0.1, 0.15) is 21.9 Å². The van der Waals surface area contributed by atoms with Gasteiger partial charge in [-0.25, -0.2) is 4.98 Å². The van der Waals surface area contributed by atoms with Crippen molar-refractivity contribution in [1.82, 2.24) is 14.9 Å². The highest BCUT2D eigenvalue weighted by Crippen LogP contribution is 2.26. The third-order valence-corrected chi connectivity index (χ3v) is 5.85. The Morgan fingerprint density at radius 1 is 1.06 bits per heavy atom. The molecule has 1 amide bonds. The Hall–Kier alpha value is -3.32. The minimum absolute atomic E-state index is 0.0197. The van der Waals surface area contributed by atoms with Crippen LogP contribution in [-0.2, 0) is 13.0 Å². The number of nitrogens with one attached hydrogen (secondary N) is 1. The van der Waals surface area contributed by atoms with Gasteiger partial charge in [0.15, 0.2) is 11.5 Å². The van der Waals surface area contributed by atoms with Gasteiger partial charge in [0.2, 0.25) is 0 Å². The second-order valence-electron chi connectivity index (χ2n) is 7.00. The number of ether oxygens (including phenoxy) is 2. The number of aromatic nitrogens is 2. The van der Waals surface area contributed by atoms with Crippen LogP contribution in [0, 0.1) is 0 Å². The summed E-state index contributed by atoms with van der Waals surface area (Å²) in [5.74, 6) is 2.43. The summed E-state index contributed by atoms with van der Waals surface area (Å²) in [6.07, 6.45) is 1.59. The lowest BCUT2D eigenvalue weighted by atomic mass is 10.3. The van der Waals surface area contributed by atoms with Gasteiger partial charge in [-0.3, -0.25) is 4.79 Å². The lowest BCUT2D eigenvalue weighted by molar-refractivity contribution is 0.0957. The molecule has 0 radical (unpaired) electrons. The fourth-order valence-corrected chi connectivity index (χ4v) is 4.13. The van der Waals surface area contributed by atoms with Gasteiger partial charge < -0.3 is 19.4 Å². The number of benzene rings is 2. The van der Waals surface area contributed by atoms with Crippen molar-refractivity contribution >= 4 is 28.3 Å². The molecule has 0 atom stereocenters. The standard InChI is InChI=1S/C24H25N3O3S/c1-29-20-10-4-5-11-21(20)30-16-15-27-19-9-3-2-8-18(19)26-23(27)13-6-14-25-24(28)22-12-7-17-31-22/h2-5,7-12,17H,6,13-16H2,1H3,(H,25,28). The lowest BCUT2D eigenvalue weighted by Gasteiger charge is -2.13. The molecule has 2 heterocycles. The molecular weight excluding hydrogens is 410 g/mol. The van der Waals surface area contributed by atoms with Gasteiger partial charge in [-0.2, -0.15) is 0 Å². The maximum absolute atomic E-state index is 12.1. The first-order chi connectivity index (χ1) is 15.3. The van der Waals surface area contributed by atoms with Gasteiger partial charge in [0.25, 0.3) is 5.91 Å². The van der Waals surface area contributed by atoms with Crippen molar-refractivity contribution in [3.63, 3.8) is 0 Å². The Labute approximate surface area is 185 Å². The molecule has 2 aromatic heterocycles. The molecule has 1 N–H and O–H groups in total. The molecule has 6 nitrogen and oxygen atoms in total. The van der Waals surface area contributed by atoms with Crippen LogP contribution in [0.3, 0.4) is 0 Å². The lowest BCUT2D eigenvalue weighted by Crippen LogP contribution is -2.24. The topological polar surface area (TPSA) is 65.4 Å². The molecule has 0 fully saturated rings. The molecule has 7 heteroatoms. The molecule has 0 bridgehead atoms. The number of nitrogens with zero attached hydrogens (tertiary/aromatic N) is 2. The van der Waals surface area contributed by atoms with Gasteiger partial charge >= 0.3 is 0 Å². The van der Waals surface area contributed by atoms with Crippen molar-refractivity contribution in [3.05, 3.63) is 76.7 Å². The summed E-state index contributed by atoms with van der Waals surface area (Å²) in [5.41, 5.74) is 2.06. The van der Waals surface area contributed by atoms with Crippen LogP contribution in [0.15, 0.2) is 66.0 Å². The number of carbonyl (C=O) groups excluding carboxylic acids is 1. The van der Waals surface area contributed by atoms with Gasteiger partial charge in [-0.1, -0.05) is 30.3 Å². The van der Waals surface area contributed by atoms with E-state index in [0.29, 0.717) is 19.7 Å². The number of imidazole rings is 1. The third kappa shape index (κ3) is 5.06. The van der Waals surface area contributed by atoms with Crippen LogP contribution in [0.5, 0.6) is 11.5 Å². The first kappa shape index (κ1) is 20.9. The Bertz CT molecular complexity index is 1140. The maximum Gasteiger partial charge on any atom is 0.261 e. The summed E-state index contributed by atoms with van der Waals surface area (Å²) in [4.78, 5) is 17.7. The zero-order chi connectivity index (χ0) is 21.5. The van der Waals surface area contributed by atoms with E-state index in [1.165, 1.54) is 11.3 Å². The summed E-state index contributed by atoms with van der Waals surface area (Å²) < 4.78 is 13.5. The number of methoxy groups -OCH3 is 1. The molecule has 0 aliphatic rings. The molecule has 2 aromatic carbocycles. The van der Waals surface area contributed by atoms with Crippen LogP contribution in [0.25, 0.3) is 11.0 Å². The summed E-state index contributed by atoms with van der Waals surface area (Å²) in [5, 5.41) is 4.89. The molecule has 0 aliphatic carbocycles. The average molecular weight is 436 g/mol. The van der Waals surface area contributed by atoms with Crippen LogP contribution in [0.4, 0.5) is 0 Å². The molecule has 0 spiro atoms. The largest absolute Gasteiger partial charge is 0.493 e. The minimum Gasteiger partial charge on any atom is -0.493 e. The Kier molecular flexibility index (Phi) is 6.84. The fraction of sp³-hybridized carbons (Fsp3) is 0.250. The molecular formula is C24H25N3O3S. The molecule has 31 heavy (non-hydrogen) atoms. The Balaban J connectivity index is 1.39. The second kappa shape index (κ2) is 10.1. The van der Waals surface area contributed by atoms with Crippen LogP contribution >= 0.6 is 11.3 Å². The molecule has 0 saturated carbocycles. The molecule has 0 unspecified atom stereocenters. The van der Waals surface area contributed by atoms with Crippen molar-refractivity contribution in [2.75, 3.05) is 20.3 Å². The van der Waals surface area contributed by atoms with Crippen LogP contribution in [-0.4, -0.2) is 35.7 Å². The van der Waals surface area contributed by atoms with Crippen molar-refractivity contribution in [2.45, 2.75) is 19.4 Å². The number of thiophene rings is 1. The molecule has 0 saturated heterocycles. The predicted octanol–water partition coefficient (Wildman–Crippen LogP) is 4.55. The smallest absolute Gasteiger partial charge is 0.261 e. The van der Waals surface area contributed by atoms with Crippen LogP contribution < -0.4 is 14.8 Å². The maximum atomic E-state index is 12.1. The summed E-state index contributed by atoms with van der Waals surface area (Å²) in [7, 11) is 1.64. The number of aryl methyl sites for hydroxylation is 1. The van der Waals surface area contributed by atoms with E-state index in [-0.39, 0.29) is 5.91 Å². The predicted molar refractivity (Wildman–Crippen MR) is 123 cm³/mol. The zero-order valence-corrected chi connectivity index (χ0v) is 18.2. The van der Waals surface area contributed by atoms with Crippen molar-refractivity contribution in [2.24, 2.45) is 0 Å². The molecule has 4 rings (SSSR count). The summed E-state index contributed by atoms with van der Waals surface area (Å²) in [6.45, 7) is 1.79. The average Bonchev–Trinajstić information content (AvgIpc) is 3.46. The van der Waals surface area contributed by atoms with E-state index in [1.807, 2.05) is 60.0 Å². The van der Waals surface area contributed by atoms with Crippen molar-refractivity contribution in [3.8, 4) is 11.5 Å². The van der Waals surface area contributed by atoms with Crippen LogP contribution in [0.2, 0.25) is 0 Å². The van der Waals surface area contributed by atoms with Crippen molar-refractivity contribution < 1.29 is 14.3 Å². The summed E-state index contributed by atoms with van der Waals surface area (Å²) in [6, 6.07) is 19.5. The normalized spacial score (nSPS) is 10.9. The molecule has 0 aliphatic heterocycles. The van der Waals surface area contributed by atoms with Gasteiger partial charge in [0, 0.05) is 13.0 Å². The number of hydrogen-bond donors (Lipinski definition) is 1. The van der Waals surface area contributed by atoms with Gasteiger partial charge in [-0.15, -0.1) is 11.3 Å². The number of hydrogen-bond acceptors (Lipinski definition) is 5. The minimum atomic E-state index is -0.0197. The van der Waals surface area contributed by atoms with E-state index in [9.17, 15) is 4.79 Å². The van der Waals surface area contributed by atoms with E-state index >= 15 is 0 Å². The van der Waals surface area contributed by atoms with Gasteiger partial charge in [0.05, 0.1) is 29.6 Å². The second-order valence-corrected chi connectivity index (χ2v) is 7.95. The zero-order valence-electron chi connectivity index (χ0n) is 17.4. The molecule has 160 valence electrons.